The zero-order valence-corrected chi connectivity index (χ0v) is 11.8. The van der Waals surface area contributed by atoms with Gasteiger partial charge in [0.15, 0.2) is 0 Å². The Morgan fingerprint density at radius 2 is 1.35 bits per heavy atom. The number of hydrogen-bond acceptors (Lipinski definition) is 2. The molecule has 0 aliphatic heterocycles. The molecular formula is C15H25NO. The lowest BCUT2D eigenvalue weighted by Gasteiger charge is -2.24. The minimum atomic E-state index is -0.818. The van der Waals surface area contributed by atoms with E-state index >= 15 is 0 Å². The lowest BCUT2D eigenvalue weighted by Crippen LogP contribution is -2.17. The zero-order valence-electron chi connectivity index (χ0n) is 11.8. The van der Waals surface area contributed by atoms with Crippen molar-refractivity contribution in [2.75, 3.05) is 5.73 Å². The van der Waals surface area contributed by atoms with E-state index in [9.17, 15) is 5.11 Å². The normalized spacial score (nSPS) is 12.5. The third-order valence-electron chi connectivity index (χ3n) is 3.19. The fourth-order valence-electron chi connectivity index (χ4n) is 2.01. The first-order valence-electron chi connectivity index (χ1n) is 6.30. The van der Waals surface area contributed by atoms with E-state index in [1.54, 1.807) is 0 Å². The molecule has 1 aromatic carbocycles. The molecule has 0 atom stereocenters. The maximum atomic E-state index is 10.2. The molecule has 0 saturated heterocycles. The molecule has 1 aromatic rings. The summed E-state index contributed by atoms with van der Waals surface area (Å²) in [6.07, 6.45) is 0. The van der Waals surface area contributed by atoms with Crippen LogP contribution in [0.5, 0.6) is 0 Å². The Hall–Kier alpha value is -1.02. The van der Waals surface area contributed by atoms with Crippen LogP contribution >= 0.6 is 0 Å². The fraction of sp³-hybridized carbons (Fsp3) is 0.600. The number of hydrogen-bond donors (Lipinski definition) is 2. The van der Waals surface area contributed by atoms with E-state index in [0.717, 1.165) is 22.4 Å². The Morgan fingerprint density at radius 3 is 1.59 bits per heavy atom. The largest absolute Gasteiger partial charge is 0.398 e. The smallest absolute Gasteiger partial charge is 0.0840 e. The summed E-state index contributed by atoms with van der Waals surface area (Å²) in [4.78, 5) is 0. The molecule has 0 amide bonds. The van der Waals surface area contributed by atoms with Crippen LogP contribution < -0.4 is 5.73 Å². The van der Waals surface area contributed by atoms with Crippen molar-refractivity contribution in [3.05, 3.63) is 28.8 Å². The van der Waals surface area contributed by atoms with Gasteiger partial charge < -0.3 is 10.8 Å². The molecular weight excluding hydrogens is 210 g/mol. The maximum Gasteiger partial charge on any atom is 0.0840 e. The molecule has 3 N–H and O–H groups in total. The highest BCUT2D eigenvalue weighted by Crippen LogP contribution is 2.34. The van der Waals surface area contributed by atoms with Crippen LogP contribution in [0.2, 0.25) is 0 Å². The molecule has 0 heterocycles. The Bertz CT molecular complexity index is 371. The van der Waals surface area contributed by atoms with Crippen molar-refractivity contribution < 1.29 is 5.11 Å². The predicted molar refractivity (Wildman–Crippen MR) is 74.3 cm³/mol. The van der Waals surface area contributed by atoms with Gasteiger partial charge in [-0.05, 0) is 42.4 Å². The van der Waals surface area contributed by atoms with E-state index in [0.29, 0.717) is 11.8 Å². The number of rotatable bonds is 3. The summed E-state index contributed by atoms with van der Waals surface area (Å²) in [5.74, 6) is 0.740. The highest BCUT2D eigenvalue weighted by Gasteiger charge is 2.21. The van der Waals surface area contributed by atoms with Crippen LogP contribution in [0.3, 0.4) is 0 Å². The van der Waals surface area contributed by atoms with Gasteiger partial charge in [-0.25, -0.2) is 0 Å². The summed E-state index contributed by atoms with van der Waals surface area (Å²) in [6, 6.07) is 4.07. The van der Waals surface area contributed by atoms with Gasteiger partial charge in [-0.3, -0.25) is 0 Å². The zero-order chi connectivity index (χ0) is 13.4. The summed E-state index contributed by atoms with van der Waals surface area (Å²) in [7, 11) is 0. The van der Waals surface area contributed by atoms with Crippen LogP contribution in [-0.2, 0) is 5.60 Å². The Morgan fingerprint density at radius 1 is 1.00 bits per heavy atom. The molecule has 0 fully saturated rings. The Kier molecular flexibility index (Phi) is 3.88. The van der Waals surface area contributed by atoms with Crippen molar-refractivity contribution in [1.82, 2.24) is 0 Å². The molecule has 0 unspecified atom stereocenters. The van der Waals surface area contributed by atoms with Crippen LogP contribution in [0.15, 0.2) is 12.1 Å². The summed E-state index contributed by atoms with van der Waals surface area (Å²) in [6.45, 7) is 12.1. The third-order valence-corrected chi connectivity index (χ3v) is 3.19. The van der Waals surface area contributed by atoms with E-state index in [4.69, 9.17) is 5.73 Å². The van der Waals surface area contributed by atoms with Gasteiger partial charge in [0.05, 0.1) is 5.60 Å². The van der Waals surface area contributed by atoms with Crippen molar-refractivity contribution in [2.45, 2.75) is 59.0 Å². The number of nitrogens with two attached hydrogens (primary N) is 1. The quantitative estimate of drug-likeness (QED) is 0.784. The summed E-state index contributed by atoms with van der Waals surface area (Å²) >= 11 is 0. The average molecular weight is 235 g/mol. The molecule has 2 heteroatoms. The molecule has 0 saturated carbocycles. The standard InChI is InChI=1S/C15H25NO/c1-9(2)12-7-11(15(5,6)17)8-13(10(3)4)14(12)16/h7-10,17H,16H2,1-6H3. The first-order chi connectivity index (χ1) is 7.64. The fourth-order valence-corrected chi connectivity index (χ4v) is 2.01. The second-order valence-electron chi connectivity index (χ2n) is 5.94. The van der Waals surface area contributed by atoms with Gasteiger partial charge in [-0.1, -0.05) is 39.8 Å². The molecule has 0 spiro atoms. The van der Waals surface area contributed by atoms with Crippen LogP contribution in [0, 0.1) is 0 Å². The average Bonchev–Trinajstić information content (AvgIpc) is 2.14. The van der Waals surface area contributed by atoms with Gasteiger partial charge in [-0.15, -0.1) is 0 Å². The summed E-state index contributed by atoms with van der Waals surface area (Å²) < 4.78 is 0. The van der Waals surface area contributed by atoms with E-state index in [2.05, 4.69) is 27.7 Å². The summed E-state index contributed by atoms with van der Waals surface area (Å²) in [5, 5.41) is 10.2. The van der Waals surface area contributed by atoms with E-state index in [1.165, 1.54) is 0 Å². The van der Waals surface area contributed by atoms with Gasteiger partial charge >= 0.3 is 0 Å². The Labute approximate surface area is 105 Å². The van der Waals surface area contributed by atoms with Gasteiger partial charge in [0, 0.05) is 5.69 Å². The van der Waals surface area contributed by atoms with Crippen molar-refractivity contribution in [1.29, 1.82) is 0 Å². The van der Waals surface area contributed by atoms with Crippen LogP contribution in [0.4, 0.5) is 5.69 Å². The van der Waals surface area contributed by atoms with Gasteiger partial charge in [0.1, 0.15) is 0 Å². The predicted octanol–water partition coefficient (Wildman–Crippen LogP) is 3.74. The van der Waals surface area contributed by atoms with Crippen LogP contribution in [0.1, 0.15) is 70.1 Å². The van der Waals surface area contributed by atoms with Gasteiger partial charge in [0.2, 0.25) is 0 Å². The summed E-state index contributed by atoms with van der Waals surface area (Å²) in [5.41, 5.74) is 9.48. The van der Waals surface area contributed by atoms with Crippen molar-refractivity contribution in [3.8, 4) is 0 Å². The molecule has 0 aliphatic carbocycles. The molecule has 2 nitrogen and oxygen atoms in total. The molecule has 96 valence electrons. The molecule has 1 rings (SSSR count). The van der Waals surface area contributed by atoms with Crippen molar-refractivity contribution in [3.63, 3.8) is 0 Å². The van der Waals surface area contributed by atoms with Crippen LogP contribution in [0.25, 0.3) is 0 Å². The van der Waals surface area contributed by atoms with E-state index < -0.39 is 5.60 Å². The number of benzene rings is 1. The van der Waals surface area contributed by atoms with Crippen molar-refractivity contribution >= 4 is 5.69 Å². The Balaban J connectivity index is 3.48. The number of aliphatic hydroxyl groups is 1. The van der Waals surface area contributed by atoms with Gasteiger partial charge in [-0.2, -0.15) is 0 Å². The monoisotopic (exact) mass is 235 g/mol. The molecule has 17 heavy (non-hydrogen) atoms. The molecule has 0 bridgehead atoms. The minimum Gasteiger partial charge on any atom is -0.398 e. The lowest BCUT2D eigenvalue weighted by molar-refractivity contribution is 0.0784. The first kappa shape index (κ1) is 14.0. The van der Waals surface area contributed by atoms with E-state index in [-0.39, 0.29) is 0 Å². The number of nitrogen functional groups attached to an aromatic ring is 1. The highest BCUT2D eigenvalue weighted by molar-refractivity contribution is 5.58. The topological polar surface area (TPSA) is 46.2 Å². The lowest BCUT2D eigenvalue weighted by atomic mass is 9.86. The molecule has 0 aromatic heterocycles. The second-order valence-corrected chi connectivity index (χ2v) is 5.94. The molecule has 0 aliphatic rings. The van der Waals surface area contributed by atoms with Gasteiger partial charge in [0.25, 0.3) is 0 Å². The SMILES string of the molecule is CC(C)c1cc(C(C)(C)O)cc(C(C)C)c1N. The van der Waals surface area contributed by atoms with E-state index in [1.807, 2.05) is 26.0 Å². The maximum absolute atomic E-state index is 10.2. The highest BCUT2D eigenvalue weighted by atomic mass is 16.3. The van der Waals surface area contributed by atoms with Crippen molar-refractivity contribution in [2.24, 2.45) is 0 Å². The third kappa shape index (κ3) is 3.01. The number of anilines is 1. The molecule has 0 radical (unpaired) electrons. The first-order valence-corrected chi connectivity index (χ1v) is 6.30. The second kappa shape index (κ2) is 4.69. The van der Waals surface area contributed by atoms with Crippen LogP contribution in [-0.4, -0.2) is 5.11 Å². The minimum absolute atomic E-state index is 0.370.